The molecule has 0 aliphatic carbocycles. The van der Waals surface area contributed by atoms with Gasteiger partial charge in [0.1, 0.15) is 12.2 Å². The van der Waals surface area contributed by atoms with Gasteiger partial charge in [-0.3, -0.25) is 4.79 Å². The molecule has 1 aliphatic rings. The van der Waals surface area contributed by atoms with Gasteiger partial charge in [0.25, 0.3) is 0 Å². The summed E-state index contributed by atoms with van der Waals surface area (Å²) < 4.78 is 28.2. The largest absolute Gasteiger partial charge is 0.456 e. The van der Waals surface area contributed by atoms with E-state index in [0.29, 0.717) is 5.56 Å². The van der Waals surface area contributed by atoms with Gasteiger partial charge in [0.05, 0.1) is 16.7 Å². The van der Waals surface area contributed by atoms with Crippen LogP contribution in [0.1, 0.15) is 44.9 Å². The van der Waals surface area contributed by atoms with E-state index in [0.717, 1.165) is 6.92 Å². The van der Waals surface area contributed by atoms with Gasteiger partial charge in [0.15, 0.2) is 6.10 Å². The fraction of sp³-hybridized carbons (Fsp3) is 0.241. The Morgan fingerprint density at radius 3 is 1.50 bits per heavy atom. The van der Waals surface area contributed by atoms with Crippen molar-refractivity contribution >= 4 is 23.9 Å². The second-order valence-electron chi connectivity index (χ2n) is 8.53. The second-order valence-corrected chi connectivity index (χ2v) is 8.53. The molecule has 4 rings (SSSR count). The molecule has 9 nitrogen and oxygen atoms in total. The van der Waals surface area contributed by atoms with Crippen LogP contribution in [-0.4, -0.2) is 54.6 Å². The monoisotopic (exact) mass is 518 g/mol. The number of carbonyl (C=O) groups is 4. The Kier molecular flexibility index (Phi) is 8.50. The van der Waals surface area contributed by atoms with Crippen molar-refractivity contribution in [2.24, 2.45) is 0 Å². The highest BCUT2D eigenvalue weighted by Gasteiger charge is 2.54. The lowest BCUT2D eigenvalue weighted by atomic mass is 10.1. The number of benzene rings is 3. The van der Waals surface area contributed by atoms with E-state index in [1.54, 1.807) is 97.9 Å². The molecule has 1 heterocycles. The van der Waals surface area contributed by atoms with Gasteiger partial charge in [-0.15, -0.1) is 0 Å². The lowest BCUT2D eigenvalue weighted by Crippen LogP contribution is -2.45. The number of rotatable bonds is 8. The zero-order chi connectivity index (χ0) is 27.1. The first-order valence-electron chi connectivity index (χ1n) is 11.9. The zero-order valence-electron chi connectivity index (χ0n) is 20.7. The van der Waals surface area contributed by atoms with E-state index in [1.807, 2.05) is 0 Å². The van der Waals surface area contributed by atoms with Crippen LogP contribution in [0.4, 0.5) is 0 Å². The Labute approximate surface area is 219 Å². The van der Waals surface area contributed by atoms with E-state index in [4.69, 9.17) is 23.7 Å². The van der Waals surface area contributed by atoms with Crippen LogP contribution in [0.15, 0.2) is 91.0 Å². The summed E-state index contributed by atoms with van der Waals surface area (Å²) in [5, 5.41) is 0. The third-order valence-electron chi connectivity index (χ3n) is 5.76. The Bertz CT molecular complexity index is 1260. The molecule has 0 bridgehead atoms. The minimum Gasteiger partial charge on any atom is -0.456 e. The zero-order valence-corrected chi connectivity index (χ0v) is 20.7. The van der Waals surface area contributed by atoms with Crippen molar-refractivity contribution in [3.63, 3.8) is 0 Å². The minimum absolute atomic E-state index is 0.231. The third kappa shape index (κ3) is 6.43. The summed E-state index contributed by atoms with van der Waals surface area (Å²) in [6.07, 6.45) is -6.17. The summed E-state index contributed by atoms with van der Waals surface area (Å²) in [4.78, 5) is 50.5. The summed E-state index contributed by atoms with van der Waals surface area (Å²) in [7, 11) is 0. The van der Waals surface area contributed by atoms with Crippen molar-refractivity contribution in [2.45, 2.75) is 44.6 Å². The van der Waals surface area contributed by atoms with Crippen LogP contribution < -0.4 is 0 Å². The molecular weight excluding hydrogens is 492 g/mol. The fourth-order valence-corrected chi connectivity index (χ4v) is 3.95. The molecule has 5 atom stereocenters. The van der Waals surface area contributed by atoms with Crippen LogP contribution in [0.2, 0.25) is 0 Å². The topological polar surface area (TPSA) is 114 Å². The molecule has 0 aromatic heterocycles. The molecule has 1 fully saturated rings. The fourth-order valence-electron chi connectivity index (χ4n) is 3.95. The molecule has 0 spiro atoms. The summed E-state index contributed by atoms with van der Waals surface area (Å²) in [5.41, 5.74) is 0.775. The molecule has 9 heteroatoms. The molecule has 3 aromatic rings. The lowest BCUT2D eigenvalue weighted by molar-refractivity contribution is -0.191. The summed E-state index contributed by atoms with van der Waals surface area (Å²) in [6, 6.07) is 24.6. The number of hydrogen-bond acceptors (Lipinski definition) is 9. The summed E-state index contributed by atoms with van der Waals surface area (Å²) >= 11 is 0. The van der Waals surface area contributed by atoms with E-state index in [-0.39, 0.29) is 11.1 Å². The van der Waals surface area contributed by atoms with Crippen LogP contribution in [0.25, 0.3) is 0 Å². The van der Waals surface area contributed by atoms with E-state index in [2.05, 4.69) is 0 Å². The van der Waals surface area contributed by atoms with Gasteiger partial charge < -0.3 is 23.7 Å². The SMILES string of the molecule is CC(=O)OC1O[C@H](C(C)OC(=O)c2ccccc2)[C@@H](OC(=O)c2ccccc2)C1OC(=O)c1ccccc1. The standard InChI is InChI=1S/C29H26O9/c1-18(34-26(31)20-12-6-3-7-13-20)23-24(36-27(32)21-14-8-4-9-15-21)25(29(38-23)35-19(2)30)37-28(33)22-16-10-5-11-17-22/h3-18,23-25,29H,1-2H3/t18?,23-,24-,25?,29?/m1/s1. The van der Waals surface area contributed by atoms with Crippen molar-refractivity contribution in [1.29, 1.82) is 0 Å². The summed E-state index contributed by atoms with van der Waals surface area (Å²) in [6.45, 7) is 2.71. The van der Waals surface area contributed by atoms with Crippen molar-refractivity contribution < 1.29 is 42.9 Å². The Hall–Kier alpha value is -4.50. The van der Waals surface area contributed by atoms with Gasteiger partial charge in [-0.1, -0.05) is 54.6 Å². The van der Waals surface area contributed by atoms with Crippen LogP contribution in [-0.2, 0) is 28.5 Å². The molecule has 0 N–H and O–H groups in total. The van der Waals surface area contributed by atoms with Crippen LogP contribution in [0.5, 0.6) is 0 Å². The average Bonchev–Trinajstić information content (AvgIpc) is 3.25. The van der Waals surface area contributed by atoms with Crippen molar-refractivity contribution in [3.8, 4) is 0 Å². The van der Waals surface area contributed by atoms with E-state index in [9.17, 15) is 19.2 Å². The van der Waals surface area contributed by atoms with Gasteiger partial charge in [-0.05, 0) is 43.3 Å². The molecule has 0 saturated carbocycles. The maximum Gasteiger partial charge on any atom is 0.338 e. The van der Waals surface area contributed by atoms with Crippen LogP contribution >= 0.6 is 0 Å². The number of ether oxygens (including phenoxy) is 5. The molecule has 38 heavy (non-hydrogen) atoms. The first-order valence-corrected chi connectivity index (χ1v) is 11.9. The molecule has 0 amide bonds. The highest BCUT2D eigenvalue weighted by Crippen LogP contribution is 2.32. The van der Waals surface area contributed by atoms with Crippen molar-refractivity contribution in [3.05, 3.63) is 108 Å². The van der Waals surface area contributed by atoms with Crippen LogP contribution in [0.3, 0.4) is 0 Å². The van der Waals surface area contributed by atoms with E-state index in [1.165, 1.54) is 0 Å². The van der Waals surface area contributed by atoms with Gasteiger partial charge in [0, 0.05) is 6.92 Å². The number of carbonyl (C=O) groups excluding carboxylic acids is 4. The Morgan fingerprint density at radius 1 is 0.632 bits per heavy atom. The van der Waals surface area contributed by atoms with Gasteiger partial charge in [-0.25, -0.2) is 14.4 Å². The molecular formula is C29H26O9. The normalized spacial score (nSPS) is 21.1. The second kappa shape index (κ2) is 12.2. The smallest absolute Gasteiger partial charge is 0.338 e. The Balaban J connectivity index is 1.63. The molecule has 3 aromatic carbocycles. The molecule has 0 radical (unpaired) electrons. The predicted octanol–water partition coefficient (Wildman–Crippen LogP) is 3.97. The summed E-state index contributed by atoms with van der Waals surface area (Å²) in [5.74, 6) is -2.82. The predicted molar refractivity (Wildman–Crippen MR) is 133 cm³/mol. The maximum atomic E-state index is 13.0. The van der Waals surface area contributed by atoms with Gasteiger partial charge in [-0.2, -0.15) is 0 Å². The minimum atomic E-state index is -1.42. The first kappa shape index (κ1) is 26.6. The van der Waals surface area contributed by atoms with Gasteiger partial charge >= 0.3 is 23.9 Å². The highest BCUT2D eigenvalue weighted by atomic mass is 16.8. The van der Waals surface area contributed by atoms with Gasteiger partial charge in [0.2, 0.25) is 12.4 Å². The molecule has 196 valence electrons. The van der Waals surface area contributed by atoms with Crippen LogP contribution in [0, 0.1) is 0 Å². The van der Waals surface area contributed by atoms with E-state index >= 15 is 0 Å². The average molecular weight is 519 g/mol. The highest BCUT2D eigenvalue weighted by molar-refractivity contribution is 5.91. The molecule has 1 saturated heterocycles. The third-order valence-corrected chi connectivity index (χ3v) is 5.76. The lowest BCUT2D eigenvalue weighted by Gasteiger charge is -2.26. The van der Waals surface area contributed by atoms with Crippen molar-refractivity contribution in [2.75, 3.05) is 0 Å². The number of esters is 4. The molecule has 1 aliphatic heterocycles. The maximum absolute atomic E-state index is 13.0. The number of hydrogen-bond donors (Lipinski definition) is 0. The Morgan fingerprint density at radius 2 is 1.05 bits per heavy atom. The molecule has 3 unspecified atom stereocenters. The first-order chi connectivity index (χ1) is 18.3. The van der Waals surface area contributed by atoms with Crippen molar-refractivity contribution in [1.82, 2.24) is 0 Å². The quantitative estimate of drug-likeness (QED) is 0.323. The van der Waals surface area contributed by atoms with E-state index < -0.39 is 54.6 Å².